The Balaban J connectivity index is 1.39. The summed E-state index contributed by atoms with van der Waals surface area (Å²) >= 11 is 0. The molecule has 0 aliphatic carbocycles. The number of hydrogen-bond donors (Lipinski definition) is 0. The summed E-state index contributed by atoms with van der Waals surface area (Å²) in [7, 11) is -14.2. The van der Waals surface area contributed by atoms with Crippen LogP contribution in [0.15, 0.2) is 127 Å². The van der Waals surface area contributed by atoms with Gasteiger partial charge in [0.25, 0.3) is 0 Å². The molecular weight excluding hydrogens is 934 g/mol. The van der Waals surface area contributed by atoms with Crippen LogP contribution in [0.4, 0.5) is 0 Å². The molecule has 0 N–H and O–H groups in total. The van der Waals surface area contributed by atoms with E-state index in [4.69, 9.17) is 40.7 Å². The van der Waals surface area contributed by atoms with E-state index in [1.807, 2.05) is 77.9 Å². The van der Waals surface area contributed by atoms with Crippen molar-refractivity contribution in [2.24, 2.45) is 0 Å². The molecule has 0 amide bonds. The van der Waals surface area contributed by atoms with Crippen molar-refractivity contribution in [2.45, 2.75) is 83.1 Å². The van der Waals surface area contributed by atoms with Crippen LogP contribution < -0.4 is 40.7 Å². The highest BCUT2D eigenvalue weighted by Crippen LogP contribution is 2.57. The summed E-state index contributed by atoms with van der Waals surface area (Å²) < 4.78 is 102. The molecule has 0 aliphatic heterocycles. The van der Waals surface area contributed by atoms with E-state index < -0.39 is 23.5 Å². The lowest BCUT2D eigenvalue weighted by molar-refractivity contribution is 0.289. The Morgan fingerprint density at radius 3 is 0.536 bits per heavy atom. The lowest BCUT2D eigenvalue weighted by atomic mass is 10.1. The highest BCUT2D eigenvalue weighted by atomic mass is 31.2. The number of aryl methyl sites for hydroxylation is 12. The Morgan fingerprint density at radius 1 is 0.232 bits per heavy atom. The molecule has 0 atom stereocenters. The Hall–Kier alpha value is -6.57. The predicted octanol–water partition coefficient (Wildman–Crippen LogP) is 16.3. The number of phosphoric acid groups is 3. The summed E-state index contributed by atoms with van der Waals surface area (Å²) in [6.07, 6.45) is 0. The fourth-order valence-electron chi connectivity index (χ4n) is 7.39. The van der Waals surface area contributed by atoms with E-state index in [1.54, 1.807) is 114 Å². The molecule has 0 heterocycles. The van der Waals surface area contributed by atoms with E-state index >= 15 is 13.7 Å². The molecule has 15 heteroatoms. The first-order valence-electron chi connectivity index (χ1n) is 22.2. The third-order valence-electron chi connectivity index (χ3n) is 10.7. The van der Waals surface area contributed by atoms with Crippen LogP contribution in [-0.2, 0) is 13.7 Å². The average molecular weight is 991 g/mol. The van der Waals surface area contributed by atoms with Crippen LogP contribution >= 0.6 is 23.5 Å². The lowest BCUT2D eigenvalue weighted by Crippen LogP contribution is -2.11. The van der Waals surface area contributed by atoms with Crippen LogP contribution in [-0.4, -0.2) is 0 Å². The van der Waals surface area contributed by atoms with Gasteiger partial charge in [-0.2, -0.15) is 13.7 Å². The van der Waals surface area contributed by atoms with Gasteiger partial charge >= 0.3 is 23.5 Å². The monoisotopic (exact) mass is 990 g/mol. The standard InChI is InChI=1S/C54H57O12P3/c1-34-13-19-49(40(7)25-34)61-67(55,62-50-20-14-35(2)26-41(50)8)58-46-31-47(59-68(56,63-51-21-15-36(3)27-42(51)9)64-52-22-16-37(4)28-43(52)10)33-48(32-46)60-69(57,65-53-23-17-38(5)29-44(53)11)66-54-24-18-39(6)30-45(54)12/h13-33H,1-12H3. The molecular formula is C54H57O12P3. The normalized spacial score (nSPS) is 11.7. The van der Waals surface area contributed by atoms with Gasteiger partial charge in [0.15, 0.2) is 0 Å². The maximum absolute atomic E-state index is 15.3. The average Bonchev–Trinajstić information content (AvgIpc) is 3.24. The predicted molar refractivity (Wildman–Crippen MR) is 270 cm³/mol. The fraction of sp³-hybridized carbons (Fsp3) is 0.222. The molecule has 0 saturated heterocycles. The largest absolute Gasteiger partial charge is 0.647 e. The van der Waals surface area contributed by atoms with Crippen molar-refractivity contribution >= 4 is 23.5 Å². The molecule has 0 aromatic heterocycles. The summed E-state index contributed by atoms with van der Waals surface area (Å²) in [6, 6.07) is 35.8. The first-order valence-corrected chi connectivity index (χ1v) is 26.6. The van der Waals surface area contributed by atoms with Gasteiger partial charge in [0.05, 0.1) is 0 Å². The quantitative estimate of drug-likeness (QED) is 0.0758. The summed E-state index contributed by atoms with van der Waals surface area (Å²) in [6.45, 7) is 22.3. The summed E-state index contributed by atoms with van der Waals surface area (Å²) in [5, 5.41) is 0. The van der Waals surface area contributed by atoms with Gasteiger partial charge in [0, 0.05) is 18.2 Å². The van der Waals surface area contributed by atoms with Crippen molar-refractivity contribution in [2.75, 3.05) is 0 Å². The van der Waals surface area contributed by atoms with Crippen LogP contribution in [0.2, 0.25) is 0 Å². The van der Waals surface area contributed by atoms with E-state index in [0.29, 0.717) is 33.4 Å². The van der Waals surface area contributed by atoms with E-state index in [2.05, 4.69) is 0 Å². The zero-order valence-electron chi connectivity index (χ0n) is 40.9. The molecule has 0 fully saturated rings. The topological polar surface area (TPSA) is 134 Å². The number of hydrogen-bond acceptors (Lipinski definition) is 12. The zero-order valence-corrected chi connectivity index (χ0v) is 43.5. The fourth-order valence-corrected chi connectivity index (χ4v) is 11.5. The van der Waals surface area contributed by atoms with Crippen LogP contribution in [0, 0.1) is 83.1 Å². The summed E-state index contributed by atoms with van der Waals surface area (Å²) in [5.41, 5.74) is 9.63. The smallest absolute Gasteiger partial charge is 0.386 e. The van der Waals surface area contributed by atoms with Gasteiger partial charge in [0.2, 0.25) is 0 Å². The summed E-state index contributed by atoms with van der Waals surface area (Å²) in [4.78, 5) is 0. The van der Waals surface area contributed by atoms with Crippen molar-refractivity contribution in [3.8, 4) is 51.7 Å². The second-order valence-electron chi connectivity index (χ2n) is 17.4. The molecule has 7 aromatic carbocycles. The maximum atomic E-state index is 15.3. The second-order valence-corrected chi connectivity index (χ2v) is 21.7. The molecule has 7 rings (SSSR count). The van der Waals surface area contributed by atoms with Crippen molar-refractivity contribution in [1.29, 1.82) is 0 Å². The van der Waals surface area contributed by atoms with Crippen molar-refractivity contribution in [3.05, 3.63) is 194 Å². The third-order valence-corrected chi connectivity index (χ3v) is 14.6. The SMILES string of the molecule is Cc1ccc(OP(=O)(Oc2cc(OP(=O)(Oc3ccc(C)cc3C)Oc3ccc(C)cc3C)cc(OP(=O)(Oc3ccc(C)cc3C)Oc3ccc(C)cc3C)c2)Oc2ccc(C)cc2C)c(C)c1. The van der Waals surface area contributed by atoms with Gasteiger partial charge in [-0.15, -0.1) is 0 Å². The minimum atomic E-state index is -4.75. The number of rotatable bonds is 18. The number of phosphoric ester groups is 3. The molecule has 0 saturated carbocycles. The first kappa shape index (κ1) is 50.3. The molecule has 7 aromatic rings. The van der Waals surface area contributed by atoms with Gasteiger partial charge < -0.3 is 40.7 Å². The Bertz CT molecular complexity index is 2680. The molecule has 0 radical (unpaired) electrons. The van der Waals surface area contributed by atoms with Gasteiger partial charge in [-0.25, -0.2) is 0 Å². The Labute approximate surface area is 405 Å². The molecule has 360 valence electrons. The van der Waals surface area contributed by atoms with Crippen LogP contribution in [0.5, 0.6) is 51.7 Å². The van der Waals surface area contributed by atoms with Crippen molar-refractivity contribution < 1.29 is 54.4 Å². The van der Waals surface area contributed by atoms with Gasteiger partial charge in [-0.1, -0.05) is 106 Å². The highest BCUT2D eigenvalue weighted by molar-refractivity contribution is 7.50. The van der Waals surface area contributed by atoms with E-state index in [9.17, 15) is 0 Å². The van der Waals surface area contributed by atoms with Gasteiger partial charge in [-0.3, -0.25) is 0 Å². The molecule has 69 heavy (non-hydrogen) atoms. The van der Waals surface area contributed by atoms with E-state index in [-0.39, 0.29) is 51.7 Å². The van der Waals surface area contributed by atoms with Crippen LogP contribution in [0.25, 0.3) is 0 Å². The van der Waals surface area contributed by atoms with Crippen LogP contribution in [0.3, 0.4) is 0 Å². The minimum Gasteiger partial charge on any atom is -0.386 e. The second kappa shape index (κ2) is 20.6. The lowest BCUT2D eigenvalue weighted by Gasteiger charge is -2.24. The summed E-state index contributed by atoms with van der Waals surface area (Å²) in [5.74, 6) is 0.563. The van der Waals surface area contributed by atoms with Crippen molar-refractivity contribution in [1.82, 2.24) is 0 Å². The number of benzene rings is 7. The van der Waals surface area contributed by atoms with E-state index in [1.165, 1.54) is 18.2 Å². The van der Waals surface area contributed by atoms with Gasteiger partial charge in [-0.05, 0) is 153 Å². The molecule has 0 spiro atoms. The third kappa shape index (κ3) is 13.2. The molecule has 12 nitrogen and oxygen atoms in total. The zero-order chi connectivity index (χ0) is 49.8. The first-order chi connectivity index (χ1) is 32.5. The minimum absolute atomic E-state index is 0.221. The molecule has 0 bridgehead atoms. The van der Waals surface area contributed by atoms with Gasteiger partial charge in [0.1, 0.15) is 51.7 Å². The maximum Gasteiger partial charge on any atom is 0.647 e. The van der Waals surface area contributed by atoms with E-state index in [0.717, 1.165) is 33.4 Å². The molecule has 0 aliphatic rings. The Kier molecular flexibility index (Phi) is 15.0. The highest BCUT2D eigenvalue weighted by Gasteiger charge is 2.39. The van der Waals surface area contributed by atoms with Crippen molar-refractivity contribution in [3.63, 3.8) is 0 Å². The Morgan fingerprint density at radius 2 is 0.391 bits per heavy atom. The van der Waals surface area contributed by atoms with Crippen LogP contribution in [0.1, 0.15) is 66.8 Å². The molecule has 0 unspecified atom stereocenters.